The predicted octanol–water partition coefficient (Wildman–Crippen LogP) is 4.26. The van der Waals surface area contributed by atoms with Crippen LogP contribution in [0.4, 0.5) is 5.13 Å². The van der Waals surface area contributed by atoms with E-state index in [4.69, 9.17) is 4.98 Å². The number of rotatable bonds is 3. The summed E-state index contributed by atoms with van der Waals surface area (Å²) in [5.41, 5.74) is 4.01. The van der Waals surface area contributed by atoms with Crippen LogP contribution in [0.15, 0.2) is 30.6 Å². The third kappa shape index (κ3) is 3.51. The number of pyridine rings is 1. The highest BCUT2D eigenvalue weighted by Crippen LogP contribution is 2.36. The van der Waals surface area contributed by atoms with Crippen molar-refractivity contribution >= 4 is 50.0 Å². The average molecular weight is 466 g/mol. The molecule has 5 heterocycles. The number of aryl methyl sites for hydroxylation is 1. The molecule has 0 radical (unpaired) electrons. The first-order chi connectivity index (χ1) is 15.1. The summed E-state index contributed by atoms with van der Waals surface area (Å²) in [6, 6.07) is 10.2. The number of anilines is 1. The quantitative estimate of drug-likeness (QED) is 0.486. The monoisotopic (exact) mass is 465 g/mol. The molecule has 6 rings (SSSR count). The van der Waals surface area contributed by atoms with Crippen LogP contribution >= 0.6 is 23.7 Å². The van der Waals surface area contributed by atoms with Gasteiger partial charge in [0.1, 0.15) is 17.1 Å². The Kier molecular flexibility index (Phi) is 5.28. The number of hydrogen-bond donors (Lipinski definition) is 1. The number of nitriles is 1. The summed E-state index contributed by atoms with van der Waals surface area (Å²) in [7, 11) is 4.05. The first kappa shape index (κ1) is 21.1. The van der Waals surface area contributed by atoms with Crippen molar-refractivity contribution in [1.82, 2.24) is 25.1 Å². The lowest BCUT2D eigenvalue weighted by molar-refractivity contribution is 0.354. The molecule has 0 spiro atoms. The molecular weight excluding hydrogens is 442 g/mol. The summed E-state index contributed by atoms with van der Waals surface area (Å²) >= 11 is 1.72. The lowest BCUT2D eigenvalue weighted by Gasteiger charge is -2.35. The van der Waals surface area contributed by atoms with Gasteiger partial charge in [0.05, 0.1) is 22.2 Å². The van der Waals surface area contributed by atoms with Crippen LogP contribution in [-0.4, -0.2) is 44.9 Å². The molecule has 0 amide bonds. The maximum absolute atomic E-state index is 9.58. The third-order valence-corrected chi connectivity index (χ3v) is 7.81. The number of nitrogens with one attached hydrogen (secondary N) is 1. The molecule has 9 heteroatoms. The fraction of sp³-hybridized carbons (Fsp3) is 0.391. The first-order valence-corrected chi connectivity index (χ1v) is 11.5. The molecule has 2 aliphatic rings. The second-order valence-corrected chi connectivity index (χ2v) is 9.79. The zero-order chi connectivity index (χ0) is 21.1. The van der Waals surface area contributed by atoms with Crippen LogP contribution in [0, 0.1) is 11.3 Å². The fourth-order valence-corrected chi connectivity index (χ4v) is 6.12. The molecule has 1 aromatic carbocycles. The van der Waals surface area contributed by atoms with Crippen LogP contribution in [0.2, 0.25) is 0 Å². The highest BCUT2D eigenvalue weighted by Gasteiger charge is 2.35. The number of halogens is 1. The average Bonchev–Trinajstić information content (AvgIpc) is 3.46. The number of thiazole rings is 1. The van der Waals surface area contributed by atoms with Crippen molar-refractivity contribution in [3.63, 3.8) is 0 Å². The van der Waals surface area contributed by atoms with Crippen LogP contribution in [-0.2, 0) is 7.05 Å². The van der Waals surface area contributed by atoms with Gasteiger partial charge in [0.2, 0.25) is 0 Å². The van der Waals surface area contributed by atoms with Gasteiger partial charge in [0.15, 0.2) is 5.13 Å². The smallest absolute Gasteiger partial charge is 0.186 e. The summed E-state index contributed by atoms with van der Waals surface area (Å²) in [5.74, 6) is 0. The molecular formula is C23H24ClN7S. The van der Waals surface area contributed by atoms with Gasteiger partial charge in [-0.2, -0.15) is 10.4 Å². The summed E-state index contributed by atoms with van der Waals surface area (Å²) in [5, 5.41) is 19.7. The minimum absolute atomic E-state index is 0. The van der Waals surface area contributed by atoms with Crippen molar-refractivity contribution in [2.45, 2.75) is 43.8 Å². The molecule has 164 valence electrons. The fourth-order valence-electron chi connectivity index (χ4n) is 5.12. The van der Waals surface area contributed by atoms with Gasteiger partial charge in [-0.05, 0) is 43.9 Å². The van der Waals surface area contributed by atoms with E-state index in [9.17, 15) is 5.26 Å². The van der Waals surface area contributed by atoms with Gasteiger partial charge < -0.3 is 10.2 Å². The van der Waals surface area contributed by atoms with Crippen molar-refractivity contribution in [3.8, 4) is 17.3 Å². The molecule has 2 atom stereocenters. The first-order valence-electron chi connectivity index (χ1n) is 10.7. The molecule has 2 aliphatic heterocycles. The van der Waals surface area contributed by atoms with Gasteiger partial charge in [-0.25, -0.2) is 4.98 Å². The van der Waals surface area contributed by atoms with Crippen molar-refractivity contribution < 1.29 is 0 Å². The van der Waals surface area contributed by atoms with Gasteiger partial charge in [-0.1, -0.05) is 11.3 Å². The standard InChI is InChI=1S/C23H23N7S.ClH/c1-29-12-15-6-13(5-14(10-24)22(15)28-29)19-9-21-20(11-25-19)27-23(31-21)30(2)18-7-16-3-4-17(8-18)26-16;/h5-6,9,11-12,16-18,26H,3-4,7-8H2,1-2H3;1H. The predicted molar refractivity (Wildman–Crippen MR) is 130 cm³/mol. The summed E-state index contributed by atoms with van der Waals surface area (Å²) in [4.78, 5) is 11.9. The second kappa shape index (κ2) is 8.00. The molecule has 0 saturated carbocycles. The minimum Gasteiger partial charge on any atom is -0.348 e. The van der Waals surface area contributed by atoms with Crippen LogP contribution in [0.25, 0.3) is 32.4 Å². The van der Waals surface area contributed by atoms with E-state index in [0.717, 1.165) is 37.5 Å². The van der Waals surface area contributed by atoms with Gasteiger partial charge in [0.25, 0.3) is 0 Å². The van der Waals surface area contributed by atoms with Crippen LogP contribution in [0.1, 0.15) is 31.2 Å². The number of benzene rings is 1. The Bertz CT molecular complexity index is 1340. The molecule has 2 saturated heterocycles. The van der Waals surface area contributed by atoms with Gasteiger partial charge in [-0.15, -0.1) is 12.4 Å². The van der Waals surface area contributed by atoms with Crippen molar-refractivity contribution in [2.75, 3.05) is 11.9 Å². The Balaban J connectivity index is 0.00000216. The Labute approximate surface area is 196 Å². The van der Waals surface area contributed by atoms with Gasteiger partial charge in [-0.3, -0.25) is 9.67 Å². The Morgan fingerprint density at radius 2 is 2.00 bits per heavy atom. The molecule has 4 aromatic rings. The highest BCUT2D eigenvalue weighted by atomic mass is 35.5. The van der Waals surface area contributed by atoms with E-state index in [1.54, 1.807) is 16.0 Å². The van der Waals surface area contributed by atoms with Crippen LogP contribution in [0.3, 0.4) is 0 Å². The SMILES string of the molecule is CN(c1nc2cnc(-c3cc(C#N)c4nn(C)cc4c3)cc2s1)C1CC2CCC(C1)N2.Cl. The van der Waals surface area contributed by atoms with E-state index >= 15 is 0 Å². The molecule has 3 aromatic heterocycles. The number of nitrogens with zero attached hydrogens (tertiary/aromatic N) is 6. The summed E-state index contributed by atoms with van der Waals surface area (Å²) < 4.78 is 2.86. The zero-order valence-corrected chi connectivity index (χ0v) is 19.6. The van der Waals surface area contributed by atoms with Crippen LogP contribution < -0.4 is 10.2 Å². The van der Waals surface area contributed by atoms with Crippen LogP contribution in [0.5, 0.6) is 0 Å². The minimum atomic E-state index is 0. The normalized spacial score (nSPS) is 22.1. The van der Waals surface area contributed by atoms with Gasteiger partial charge in [0, 0.05) is 49.4 Å². The number of aromatic nitrogens is 4. The zero-order valence-electron chi connectivity index (χ0n) is 17.9. The number of fused-ring (bicyclic) bond motifs is 4. The lowest BCUT2D eigenvalue weighted by atomic mass is 9.99. The summed E-state index contributed by atoms with van der Waals surface area (Å²) in [6.07, 6.45) is 8.76. The Morgan fingerprint density at radius 1 is 1.22 bits per heavy atom. The third-order valence-electron chi connectivity index (χ3n) is 6.70. The van der Waals surface area contributed by atoms with Crippen molar-refractivity contribution in [3.05, 3.63) is 36.2 Å². The van der Waals surface area contributed by atoms with Gasteiger partial charge >= 0.3 is 0 Å². The molecule has 2 bridgehead atoms. The van der Waals surface area contributed by atoms with E-state index in [0.29, 0.717) is 23.7 Å². The maximum atomic E-state index is 9.58. The molecule has 2 unspecified atom stereocenters. The molecule has 1 N–H and O–H groups in total. The lowest BCUT2D eigenvalue weighted by Crippen LogP contribution is -2.47. The van der Waals surface area contributed by atoms with Crippen molar-refractivity contribution in [2.24, 2.45) is 7.05 Å². The maximum Gasteiger partial charge on any atom is 0.186 e. The molecule has 7 nitrogen and oxygen atoms in total. The number of hydrogen-bond acceptors (Lipinski definition) is 7. The highest BCUT2D eigenvalue weighted by molar-refractivity contribution is 7.22. The van der Waals surface area contributed by atoms with E-state index < -0.39 is 0 Å². The van der Waals surface area contributed by atoms with E-state index in [-0.39, 0.29) is 12.4 Å². The Morgan fingerprint density at radius 3 is 2.75 bits per heavy atom. The Hall–Kier alpha value is -2.73. The van der Waals surface area contributed by atoms with E-state index in [2.05, 4.69) is 45.5 Å². The van der Waals surface area contributed by atoms with E-state index in [1.807, 2.05) is 25.5 Å². The van der Waals surface area contributed by atoms with E-state index in [1.165, 1.54) is 25.7 Å². The largest absolute Gasteiger partial charge is 0.348 e. The molecule has 32 heavy (non-hydrogen) atoms. The summed E-state index contributed by atoms with van der Waals surface area (Å²) in [6.45, 7) is 0. The second-order valence-electron chi connectivity index (χ2n) is 8.78. The molecule has 2 fully saturated rings. The molecule has 0 aliphatic carbocycles. The number of piperidine rings is 1. The van der Waals surface area contributed by atoms with Crippen molar-refractivity contribution in [1.29, 1.82) is 5.26 Å². The topological polar surface area (TPSA) is 82.7 Å².